The molecule has 1 rings (SSSR count). The maximum Gasteiger partial charge on any atom is 0.0777 e. The summed E-state index contributed by atoms with van der Waals surface area (Å²) < 4.78 is 5.52. The summed E-state index contributed by atoms with van der Waals surface area (Å²) in [5.41, 5.74) is 5.78. The van der Waals surface area contributed by atoms with Gasteiger partial charge in [0, 0.05) is 25.7 Å². The summed E-state index contributed by atoms with van der Waals surface area (Å²) >= 11 is 0. The van der Waals surface area contributed by atoms with Gasteiger partial charge in [0.05, 0.1) is 12.2 Å². The Hall–Kier alpha value is -0.160. The molecule has 4 nitrogen and oxygen atoms in total. The SMILES string of the molecule is COC1(C)CCCN(C(CO)C(C)N)C1. The van der Waals surface area contributed by atoms with E-state index in [1.165, 1.54) is 0 Å². The van der Waals surface area contributed by atoms with Crippen LogP contribution in [0.15, 0.2) is 0 Å². The first-order chi connectivity index (χ1) is 7.02. The van der Waals surface area contributed by atoms with Crippen LogP contribution < -0.4 is 5.73 Å². The lowest BCUT2D eigenvalue weighted by Crippen LogP contribution is -2.56. The van der Waals surface area contributed by atoms with Crippen molar-refractivity contribution in [2.75, 3.05) is 26.8 Å². The average Bonchev–Trinajstić information content (AvgIpc) is 2.18. The normalized spacial score (nSPS) is 32.6. The van der Waals surface area contributed by atoms with Gasteiger partial charge in [-0.3, -0.25) is 4.90 Å². The standard InChI is InChI=1S/C11H24N2O2/c1-9(12)10(7-14)13-6-4-5-11(2,8-13)15-3/h9-10,14H,4-8,12H2,1-3H3. The van der Waals surface area contributed by atoms with Crippen LogP contribution in [0.4, 0.5) is 0 Å². The smallest absolute Gasteiger partial charge is 0.0777 e. The Morgan fingerprint density at radius 2 is 2.27 bits per heavy atom. The summed E-state index contributed by atoms with van der Waals surface area (Å²) in [6.45, 7) is 6.05. The molecular formula is C11H24N2O2. The zero-order valence-electron chi connectivity index (χ0n) is 10.1. The maximum absolute atomic E-state index is 9.33. The molecule has 3 unspecified atom stereocenters. The predicted octanol–water partition coefficient (Wildman–Crippen LogP) is 0.195. The molecule has 0 aromatic heterocycles. The van der Waals surface area contributed by atoms with Crippen molar-refractivity contribution >= 4 is 0 Å². The van der Waals surface area contributed by atoms with Crippen molar-refractivity contribution in [3.05, 3.63) is 0 Å². The first-order valence-corrected chi connectivity index (χ1v) is 5.68. The van der Waals surface area contributed by atoms with E-state index in [1.807, 2.05) is 6.92 Å². The Bertz CT molecular complexity index is 199. The molecule has 4 heteroatoms. The highest BCUT2D eigenvalue weighted by molar-refractivity contribution is 4.90. The Morgan fingerprint density at radius 3 is 2.73 bits per heavy atom. The zero-order chi connectivity index (χ0) is 11.5. The first kappa shape index (κ1) is 12.9. The van der Waals surface area contributed by atoms with Crippen LogP contribution in [0.5, 0.6) is 0 Å². The minimum atomic E-state index is -0.0828. The average molecular weight is 216 g/mol. The minimum absolute atomic E-state index is 0.00536. The van der Waals surface area contributed by atoms with E-state index >= 15 is 0 Å². The topological polar surface area (TPSA) is 58.7 Å². The van der Waals surface area contributed by atoms with Crippen molar-refractivity contribution in [3.8, 4) is 0 Å². The molecule has 1 saturated heterocycles. The van der Waals surface area contributed by atoms with Gasteiger partial charge in [0.15, 0.2) is 0 Å². The third-order valence-corrected chi connectivity index (χ3v) is 3.44. The fourth-order valence-electron chi connectivity index (χ4n) is 2.31. The molecule has 90 valence electrons. The van der Waals surface area contributed by atoms with E-state index in [-0.39, 0.29) is 24.3 Å². The summed E-state index contributed by atoms with van der Waals surface area (Å²) in [4.78, 5) is 2.25. The zero-order valence-corrected chi connectivity index (χ0v) is 10.1. The number of nitrogens with zero attached hydrogens (tertiary/aromatic N) is 1. The molecule has 0 saturated carbocycles. The molecule has 0 aromatic rings. The second kappa shape index (κ2) is 5.25. The molecule has 1 aliphatic heterocycles. The van der Waals surface area contributed by atoms with E-state index in [2.05, 4.69) is 11.8 Å². The highest BCUT2D eigenvalue weighted by Gasteiger charge is 2.34. The van der Waals surface area contributed by atoms with E-state index in [1.54, 1.807) is 7.11 Å². The maximum atomic E-state index is 9.33. The quantitative estimate of drug-likeness (QED) is 0.704. The van der Waals surface area contributed by atoms with Crippen LogP contribution in [-0.4, -0.2) is 54.5 Å². The van der Waals surface area contributed by atoms with Gasteiger partial charge in [0.25, 0.3) is 0 Å². The number of aliphatic hydroxyl groups is 1. The number of hydrogen-bond acceptors (Lipinski definition) is 4. The van der Waals surface area contributed by atoms with Gasteiger partial charge in [-0.05, 0) is 33.2 Å². The van der Waals surface area contributed by atoms with Crippen molar-refractivity contribution in [1.82, 2.24) is 4.90 Å². The molecule has 3 atom stereocenters. The van der Waals surface area contributed by atoms with E-state index in [0.29, 0.717) is 0 Å². The van der Waals surface area contributed by atoms with E-state index < -0.39 is 0 Å². The molecular weight excluding hydrogens is 192 g/mol. The number of likely N-dealkylation sites (tertiary alicyclic amines) is 1. The van der Waals surface area contributed by atoms with Crippen molar-refractivity contribution in [2.45, 2.75) is 44.4 Å². The highest BCUT2D eigenvalue weighted by Crippen LogP contribution is 2.25. The van der Waals surface area contributed by atoms with Crippen LogP contribution in [0.3, 0.4) is 0 Å². The molecule has 0 spiro atoms. The number of piperidine rings is 1. The number of methoxy groups -OCH3 is 1. The molecule has 1 aliphatic rings. The van der Waals surface area contributed by atoms with Gasteiger partial charge in [-0.15, -0.1) is 0 Å². The fraction of sp³-hybridized carbons (Fsp3) is 1.00. The molecule has 15 heavy (non-hydrogen) atoms. The van der Waals surface area contributed by atoms with E-state index in [4.69, 9.17) is 10.5 Å². The number of aliphatic hydroxyl groups excluding tert-OH is 1. The van der Waals surface area contributed by atoms with Gasteiger partial charge in [-0.2, -0.15) is 0 Å². The number of rotatable bonds is 4. The van der Waals surface area contributed by atoms with Crippen molar-refractivity contribution < 1.29 is 9.84 Å². The van der Waals surface area contributed by atoms with E-state index in [0.717, 1.165) is 25.9 Å². The second-order valence-corrected chi connectivity index (χ2v) is 4.84. The van der Waals surface area contributed by atoms with Crippen LogP contribution in [0, 0.1) is 0 Å². The Morgan fingerprint density at radius 1 is 1.60 bits per heavy atom. The largest absolute Gasteiger partial charge is 0.395 e. The second-order valence-electron chi connectivity index (χ2n) is 4.84. The number of nitrogens with two attached hydrogens (primary N) is 1. The molecule has 1 heterocycles. The molecule has 0 amide bonds. The molecule has 1 fully saturated rings. The number of ether oxygens (including phenoxy) is 1. The molecule has 0 bridgehead atoms. The van der Waals surface area contributed by atoms with Crippen LogP contribution >= 0.6 is 0 Å². The minimum Gasteiger partial charge on any atom is -0.395 e. The summed E-state index contributed by atoms with van der Waals surface area (Å²) in [5.74, 6) is 0. The fourth-order valence-corrected chi connectivity index (χ4v) is 2.31. The third-order valence-electron chi connectivity index (χ3n) is 3.44. The van der Waals surface area contributed by atoms with E-state index in [9.17, 15) is 5.11 Å². The number of hydrogen-bond donors (Lipinski definition) is 2. The monoisotopic (exact) mass is 216 g/mol. The molecule has 3 N–H and O–H groups in total. The summed E-state index contributed by atoms with van der Waals surface area (Å²) in [7, 11) is 1.75. The molecule has 0 aliphatic carbocycles. The van der Waals surface area contributed by atoms with Crippen molar-refractivity contribution in [3.63, 3.8) is 0 Å². The predicted molar refractivity (Wildman–Crippen MR) is 60.7 cm³/mol. The Kier molecular flexibility index (Phi) is 4.52. The highest BCUT2D eigenvalue weighted by atomic mass is 16.5. The first-order valence-electron chi connectivity index (χ1n) is 5.68. The molecule has 0 aromatic carbocycles. The van der Waals surface area contributed by atoms with Crippen molar-refractivity contribution in [2.24, 2.45) is 5.73 Å². The Labute approximate surface area is 92.4 Å². The molecule has 0 radical (unpaired) electrons. The van der Waals surface area contributed by atoms with Crippen LogP contribution in [0.2, 0.25) is 0 Å². The van der Waals surface area contributed by atoms with Gasteiger partial charge >= 0.3 is 0 Å². The summed E-state index contributed by atoms with van der Waals surface area (Å²) in [5, 5.41) is 9.33. The van der Waals surface area contributed by atoms with Crippen LogP contribution in [-0.2, 0) is 4.74 Å². The van der Waals surface area contributed by atoms with Gasteiger partial charge in [-0.25, -0.2) is 0 Å². The lowest BCUT2D eigenvalue weighted by molar-refractivity contribution is -0.0684. The summed E-state index contributed by atoms with van der Waals surface area (Å²) in [6, 6.07) is 0.0500. The van der Waals surface area contributed by atoms with Gasteiger partial charge in [0.2, 0.25) is 0 Å². The van der Waals surface area contributed by atoms with Crippen molar-refractivity contribution in [1.29, 1.82) is 0 Å². The van der Waals surface area contributed by atoms with Crippen LogP contribution in [0.1, 0.15) is 26.7 Å². The van der Waals surface area contributed by atoms with Gasteiger partial charge < -0.3 is 15.6 Å². The summed E-state index contributed by atoms with van der Waals surface area (Å²) in [6.07, 6.45) is 2.19. The van der Waals surface area contributed by atoms with Crippen LogP contribution in [0.25, 0.3) is 0 Å². The van der Waals surface area contributed by atoms with Gasteiger partial charge in [0.1, 0.15) is 0 Å². The Balaban J connectivity index is 2.62. The lowest BCUT2D eigenvalue weighted by Gasteiger charge is -2.43. The lowest BCUT2D eigenvalue weighted by atomic mass is 9.92. The van der Waals surface area contributed by atoms with Gasteiger partial charge in [-0.1, -0.05) is 0 Å². The third kappa shape index (κ3) is 3.14.